The van der Waals surface area contributed by atoms with E-state index in [1.54, 1.807) is 58.0 Å². The number of carbonyl (C=O) groups excluding carboxylic acids is 3. The molecule has 9 nitrogen and oxygen atoms in total. The van der Waals surface area contributed by atoms with Crippen LogP contribution in [0.5, 0.6) is 0 Å². The van der Waals surface area contributed by atoms with Crippen LogP contribution in [0.2, 0.25) is 0 Å². The molecule has 258 valence electrons. The van der Waals surface area contributed by atoms with Crippen LogP contribution >= 0.6 is 0 Å². The molecule has 2 saturated carbocycles. The second-order valence-corrected chi connectivity index (χ2v) is 15.6. The van der Waals surface area contributed by atoms with E-state index < -0.39 is 75.8 Å². The van der Waals surface area contributed by atoms with E-state index in [0.717, 1.165) is 5.56 Å². The minimum atomic E-state index is -1.93. The van der Waals surface area contributed by atoms with E-state index in [1.165, 1.54) is 0 Å². The number of hydrogen-bond acceptors (Lipinski definition) is 9. The molecule has 9 heteroatoms. The maximum Gasteiger partial charge on any atom is 0.338 e. The molecule has 2 bridgehead atoms. The molecule has 0 aromatic heterocycles. The Hall–Kier alpha value is -3.37. The number of esters is 2. The molecule has 2 aromatic carbocycles. The van der Waals surface area contributed by atoms with E-state index in [4.69, 9.17) is 14.2 Å². The minimum Gasteiger partial charge on any atom is -0.456 e. The van der Waals surface area contributed by atoms with E-state index in [0.29, 0.717) is 12.0 Å². The third-order valence-corrected chi connectivity index (χ3v) is 12.8. The summed E-state index contributed by atoms with van der Waals surface area (Å²) in [6.45, 7) is 12.9. The smallest absolute Gasteiger partial charge is 0.338 e. The maximum atomic E-state index is 14.8. The summed E-state index contributed by atoms with van der Waals surface area (Å²) in [7, 11) is 0. The van der Waals surface area contributed by atoms with Crippen molar-refractivity contribution in [3.8, 4) is 0 Å². The molecule has 1 unspecified atom stereocenters. The fourth-order valence-electron chi connectivity index (χ4n) is 9.43. The van der Waals surface area contributed by atoms with Crippen LogP contribution in [0, 0.1) is 28.1 Å². The molecule has 6 rings (SSSR count). The molecule has 2 aromatic rings. The topological polar surface area (TPSA) is 140 Å². The number of aliphatic hydroxyl groups is 3. The number of fused-ring (bicyclic) bond motifs is 5. The lowest BCUT2D eigenvalue weighted by molar-refractivity contribution is -0.306. The van der Waals surface area contributed by atoms with Gasteiger partial charge in [-0.3, -0.25) is 4.79 Å². The van der Waals surface area contributed by atoms with Gasteiger partial charge >= 0.3 is 11.9 Å². The number of ether oxygens (including phenoxy) is 3. The van der Waals surface area contributed by atoms with E-state index in [1.807, 2.05) is 51.1 Å². The van der Waals surface area contributed by atoms with Gasteiger partial charge in [0.05, 0.1) is 18.3 Å². The first-order chi connectivity index (χ1) is 22.5. The fourth-order valence-corrected chi connectivity index (χ4v) is 9.43. The predicted molar refractivity (Wildman–Crippen MR) is 177 cm³/mol. The quantitative estimate of drug-likeness (QED) is 0.295. The van der Waals surface area contributed by atoms with Gasteiger partial charge in [-0.05, 0) is 48.1 Å². The fraction of sp³-hybridized carbons (Fsp3) is 0.564. The lowest BCUT2D eigenvalue weighted by atomic mass is 9.41. The molecule has 1 aliphatic heterocycles. The monoisotopic (exact) mass is 660 g/mol. The maximum absolute atomic E-state index is 14.8. The summed E-state index contributed by atoms with van der Waals surface area (Å²) >= 11 is 0. The zero-order valence-corrected chi connectivity index (χ0v) is 28.8. The Labute approximate surface area is 282 Å². The lowest BCUT2D eigenvalue weighted by Gasteiger charge is -2.68. The molecule has 0 amide bonds. The zero-order valence-electron chi connectivity index (χ0n) is 28.8. The first-order valence-electron chi connectivity index (χ1n) is 17.0. The summed E-state index contributed by atoms with van der Waals surface area (Å²) in [6.07, 6.45) is -5.41. The molecule has 48 heavy (non-hydrogen) atoms. The second kappa shape index (κ2) is 11.9. The van der Waals surface area contributed by atoms with Crippen LogP contribution in [-0.4, -0.2) is 75.8 Å². The van der Waals surface area contributed by atoms with Crippen molar-refractivity contribution in [1.29, 1.82) is 0 Å². The first kappa shape index (κ1) is 34.5. The number of ketones is 1. The van der Waals surface area contributed by atoms with Gasteiger partial charge in [0, 0.05) is 34.5 Å². The Morgan fingerprint density at radius 3 is 2.17 bits per heavy atom. The molecule has 0 spiro atoms. The van der Waals surface area contributed by atoms with Crippen molar-refractivity contribution in [2.45, 2.75) is 103 Å². The largest absolute Gasteiger partial charge is 0.456 e. The zero-order chi connectivity index (χ0) is 35.0. The minimum absolute atomic E-state index is 0.191. The highest BCUT2D eigenvalue weighted by molar-refractivity contribution is 5.93. The van der Waals surface area contributed by atoms with E-state index in [9.17, 15) is 29.7 Å². The summed E-state index contributed by atoms with van der Waals surface area (Å²) in [5.41, 5.74) is -3.44. The Balaban J connectivity index is 1.49. The molecule has 4 aliphatic rings. The van der Waals surface area contributed by atoms with Crippen LogP contribution < -0.4 is 0 Å². The van der Waals surface area contributed by atoms with Crippen molar-refractivity contribution in [3.05, 3.63) is 82.9 Å². The summed E-state index contributed by atoms with van der Waals surface area (Å²) < 4.78 is 18.5. The summed E-state index contributed by atoms with van der Waals surface area (Å²) in [4.78, 5) is 42.3. The van der Waals surface area contributed by atoms with Crippen molar-refractivity contribution in [2.75, 3.05) is 6.61 Å². The number of hydrogen-bond donors (Lipinski definition) is 3. The number of aliphatic hydroxyl groups excluding tert-OH is 2. The van der Waals surface area contributed by atoms with Crippen LogP contribution in [-0.2, 0) is 23.8 Å². The van der Waals surface area contributed by atoms with E-state index >= 15 is 0 Å². The van der Waals surface area contributed by atoms with Crippen LogP contribution in [0.1, 0.15) is 83.1 Å². The highest BCUT2D eigenvalue weighted by Crippen LogP contribution is 2.67. The van der Waals surface area contributed by atoms with Crippen molar-refractivity contribution >= 4 is 17.7 Å². The van der Waals surface area contributed by atoms with E-state index in [-0.39, 0.29) is 36.2 Å². The van der Waals surface area contributed by atoms with Crippen molar-refractivity contribution in [1.82, 2.24) is 0 Å². The third-order valence-electron chi connectivity index (χ3n) is 12.8. The van der Waals surface area contributed by atoms with Gasteiger partial charge in [-0.1, -0.05) is 90.1 Å². The van der Waals surface area contributed by atoms with Gasteiger partial charge in [0.25, 0.3) is 0 Å². The number of carbonyl (C=O) groups is 3. The molecule has 1 saturated heterocycles. The van der Waals surface area contributed by atoms with Crippen LogP contribution in [0.4, 0.5) is 0 Å². The Morgan fingerprint density at radius 1 is 0.979 bits per heavy atom. The lowest BCUT2D eigenvalue weighted by Crippen LogP contribution is -2.76. The van der Waals surface area contributed by atoms with Gasteiger partial charge in [0.15, 0.2) is 11.9 Å². The van der Waals surface area contributed by atoms with Gasteiger partial charge < -0.3 is 29.5 Å². The Kier molecular flexibility index (Phi) is 8.55. The van der Waals surface area contributed by atoms with Crippen molar-refractivity contribution in [2.24, 2.45) is 28.1 Å². The van der Waals surface area contributed by atoms with Crippen LogP contribution in [0.15, 0.2) is 71.8 Å². The normalized spacial score (nSPS) is 38.2. The molecule has 3 fully saturated rings. The standard InChI is InChI=1S/C39H48O9/c1-21-18-27-37(6,20-46-27)31-33(48-34(43)25-16-12-9-13-17-25)39(45)19-26(47-35(44)29(40)22(2)24-14-10-8-11-15-24)23(3)28(36(39,4)5)30(41)32(42)38(21,31)7/h8-17,21-22,26-27,29-31,33,40-41,45H,18-20H2,1-7H3/t21-,22-,26-,27+,29+,30+,31?,33-,37+,38+,39+/m0/s1. The average Bonchev–Trinajstić information content (AvgIpc) is 3.06. The Bertz CT molecular complexity index is 1620. The second-order valence-electron chi connectivity index (χ2n) is 15.6. The highest BCUT2D eigenvalue weighted by atomic mass is 16.6. The molecular weight excluding hydrogens is 612 g/mol. The predicted octanol–water partition coefficient (Wildman–Crippen LogP) is 4.78. The molecular formula is C39H48O9. The van der Waals surface area contributed by atoms with Crippen LogP contribution in [0.25, 0.3) is 0 Å². The van der Waals surface area contributed by atoms with Gasteiger partial charge in [0.2, 0.25) is 0 Å². The summed E-state index contributed by atoms with van der Waals surface area (Å²) in [6, 6.07) is 17.6. The Morgan fingerprint density at radius 2 is 1.58 bits per heavy atom. The average molecular weight is 661 g/mol. The van der Waals surface area contributed by atoms with Gasteiger partial charge in [-0.15, -0.1) is 0 Å². The van der Waals surface area contributed by atoms with Gasteiger partial charge in [-0.25, -0.2) is 9.59 Å². The SMILES string of the molecule is CC1=C2[C@@H](O)C(=O)[C@@]3(C)C([C@H](OC(=O)c4ccccc4)[C@](O)(C[C@@H]1OC(=O)[C@H](O)[C@@H](C)c1ccccc1)C2(C)C)[C@]1(C)CO[C@@H]1C[C@@H]3C. The van der Waals surface area contributed by atoms with Crippen LogP contribution in [0.3, 0.4) is 0 Å². The van der Waals surface area contributed by atoms with Crippen molar-refractivity contribution < 1.29 is 43.9 Å². The summed E-state index contributed by atoms with van der Waals surface area (Å²) in [5.74, 6) is -3.62. The number of rotatable bonds is 6. The number of benzene rings is 2. The summed E-state index contributed by atoms with van der Waals surface area (Å²) in [5, 5.41) is 36.5. The van der Waals surface area contributed by atoms with Crippen molar-refractivity contribution in [3.63, 3.8) is 0 Å². The molecule has 1 heterocycles. The highest BCUT2D eigenvalue weighted by Gasteiger charge is 2.74. The molecule has 0 radical (unpaired) electrons. The van der Waals surface area contributed by atoms with Gasteiger partial charge in [0.1, 0.15) is 23.9 Å². The van der Waals surface area contributed by atoms with E-state index in [2.05, 4.69) is 0 Å². The van der Waals surface area contributed by atoms with Gasteiger partial charge in [-0.2, -0.15) is 0 Å². The molecule has 3 aliphatic carbocycles. The first-order valence-corrected chi connectivity index (χ1v) is 17.0. The third kappa shape index (κ3) is 4.91. The number of Topliss-reactive ketones (excluding diaryl/α,β-unsaturated/α-hetero) is 1. The molecule has 3 N–H and O–H groups in total. The molecule has 11 atom stereocenters.